The topological polar surface area (TPSA) is 58.4 Å². The minimum Gasteiger partial charge on any atom is -0.353 e. The zero-order valence-electron chi connectivity index (χ0n) is 11.4. The summed E-state index contributed by atoms with van der Waals surface area (Å²) in [5.41, 5.74) is 5.66. The number of piperidine rings is 1. The first-order chi connectivity index (χ1) is 7.99. The van der Waals surface area contributed by atoms with Crippen molar-refractivity contribution >= 4 is 5.91 Å². The second-order valence-electron chi connectivity index (χ2n) is 5.49. The third kappa shape index (κ3) is 5.50. The van der Waals surface area contributed by atoms with E-state index >= 15 is 0 Å². The van der Waals surface area contributed by atoms with E-state index < -0.39 is 0 Å². The van der Waals surface area contributed by atoms with Crippen LogP contribution in [0.3, 0.4) is 0 Å². The van der Waals surface area contributed by atoms with Crippen molar-refractivity contribution in [2.24, 2.45) is 5.73 Å². The van der Waals surface area contributed by atoms with Gasteiger partial charge in [-0.2, -0.15) is 0 Å². The predicted octanol–water partition coefficient (Wildman–Crippen LogP) is 1.10. The first kappa shape index (κ1) is 14.5. The second-order valence-corrected chi connectivity index (χ2v) is 5.49. The van der Waals surface area contributed by atoms with Gasteiger partial charge < -0.3 is 16.0 Å². The van der Waals surface area contributed by atoms with Gasteiger partial charge in [0.1, 0.15) is 0 Å². The number of nitrogens with two attached hydrogens (primary N) is 1. The largest absolute Gasteiger partial charge is 0.353 e. The molecule has 100 valence electrons. The van der Waals surface area contributed by atoms with E-state index in [4.69, 9.17) is 5.73 Å². The molecule has 4 nitrogen and oxygen atoms in total. The molecule has 0 spiro atoms. The lowest BCUT2D eigenvalue weighted by Crippen LogP contribution is -2.47. The van der Waals surface area contributed by atoms with Crippen LogP contribution in [0.4, 0.5) is 0 Å². The van der Waals surface area contributed by atoms with E-state index in [9.17, 15) is 4.79 Å². The normalized spacial score (nSPS) is 27.8. The second kappa shape index (κ2) is 6.97. The Morgan fingerprint density at radius 1 is 1.59 bits per heavy atom. The molecule has 17 heavy (non-hydrogen) atoms. The number of hydrogen-bond donors (Lipinski definition) is 2. The number of carbonyl (C=O) groups is 1. The highest BCUT2D eigenvalue weighted by Crippen LogP contribution is 2.15. The molecule has 3 atom stereocenters. The van der Waals surface area contributed by atoms with E-state index in [-0.39, 0.29) is 11.9 Å². The molecule has 1 rings (SSSR count). The molecule has 1 heterocycles. The van der Waals surface area contributed by atoms with Gasteiger partial charge in [0.2, 0.25) is 5.91 Å². The van der Waals surface area contributed by atoms with Crippen molar-refractivity contribution in [3.8, 4) is 0 Å². The average Bonchev–Trinajstić information content (AvgIpc) is 2.23. The summed E-state index contributed by atoms with van der Waals surface area (Å²) in [5, 5.41) is 3.14. The maximum Gasteiger partial charge on any atom is 0.220 e. The van der Waals surface area contributed by atoms with Gasteiger partial charge in [0, 0.05) is 31.1 Å². The van der Waals surface area contributed by atoms with Gasteiger partial charge in [-0.15, -0.1) is 0 Å². The van der Waals surface area contributed by atoms with Crippen molar-refractivity contribution in [1.82, 2.24) is 10.2 Å². The standard InChI is InChI=1S/C13H27N3O/c1-10(14)5-4-6-13(17)15-12-7-8-16(3)11(2)9-12/h10-12H,4-9,14H2,1-3H3,(H,15,17). The number of hydrogen-bond acceptors (Lipinski definition) is 3. The minimum atomic E-state index is 0.187. The molecule has 0 aromatic heterocycles. The Morgan fingerprint density at radius 2 is 2.29 bits per heavy atom. The summed E-state index contributed by atoms with van der Waals surface area (Å²) in [4.78, 5) is 14.1. The molecule has 3 N–H and O–H groups in total. The Labute approximate surface area is 105 Å². The van der Waals surface area contributed by atoms with Gasteiger partial charge in [-0.05, 0) is 46.6 Å². The van der Waals surface area contributed by atoms with Gasteiger partial charge in [0.25, 0.3) is 0 Å². The molecule has 4 heteroatoms. The van der Waals surface area contributed by atoms with Gasteiger partial charge >= 0.3 is 0 Å². The van der Waals surface area contributed by atoms with Crippen molar-refractivity contribution in [1.29, 1.82) is 0 Å². The maximum absolute atomic E-state index is 11.7. The summed E-state index contributed by atoms with van der Waals surface area (Å²) < 4.78 is 0. The highest BCUT2D eigenvalue weighted by Gasteiger charge is 2.23. The van der Waals surface area contributed by atoms with Crippen LogP contribution < -0.4 is 11.1 Å². The monoisotopic (exact) mass is 241 g/mol. The van der Waals surface area contributed by atoms with Crippen LogP contribution in [-0.2, 0) is 4.79 Å². The summed E-state index contributed by atoms with van der Waals surface area (Å²) >= 11 is 0. The average molecular weight is 241 g/mol. The number of likely N-dealkylation sites (tertiary alicyclic amines) is 1. The van der Waals surface area contributed by atoms with Crippen molar-refractivity contribution in [2.75, 3.05) is 13.6 Å². The molecule has 0 aliphatic carbocycles. The highest BCUT2D eigenvalue weighted by atomic mass is 16.1. The smallest absolute Gasteiger partial charge is 0.220 e. The molecule has 1 amide bonds. The van der Waals surface area contributed by atoms with Crippen LogP contribution in [0.25, 0.3) is 0 Å². The van der Waals surface area contributed by atoms with Crippen LogP contribution in [0.1, 0.15) is 46.0 Å². The Kier molecular flexibility index (Phi) is 5.92. The van der Waals surface area contributed by atoms with Crippen LogP contribution in [0.5, 0.6) is 0 Å². The molecule has 1 aliphatic rings. The van der Waals surface area contributed by atoms with Crippen molar-refractivity contribution in [3.05, 3.63) is 0 Å². The zero-order valence-corrected chi connectivity index (χ0v) is 11.4. The Hall–Kier alpha value is -0.610. The van der Waals surface area contributed by atoms with Crippen LogP contribution in [-0.4, -0.2) is 42.5 Å². The molecule has 0 aromatic carbocycles. The summed E-state index contributed by atoms with van der Waals surface area (Å²) in [6.45, 7) is 5.27. The van der Waals surface area contributed by atoms with Crippen LogP contribution in [0.2, 0.25) is 0 Å². The molecule has 1 aliphatic heterocycles. The highest BCUT2D eigenvalue weighted by molar-refractivity contribution is 5.76. The van der Waals surface area contributed by atoms with Crippen LogP contribution in [0.15, 0.2) is 0 Å². The fourth-order valence-electron chi connectivity index (χ4n) is 2.30. The molecular formula is C13H27N3O. The molecule has 0 aromatic rings. The Balaban J connectivity index is 2.18. The molecule has 1 saturated heterocycles. The Morgan fingerprint density at radius 3 is 2.88 bits per heavy atom. The lowest BCUT2D eigenvalue weighted by atomic mass is 9.98. The third-order valence-electron chi connectivity index (χ3n) is 3.64. The molecule has 0 radical (unpaired) electrons. The third-order valence-corrected chi connectivity index (χ3v) is 3.64. The van der Waals surface area contributed by atoms with Gasteiger partial charge in [-0.25, -0.2) is 0 Å². The fourth-order valence-corrected chi connectivity index (χ4v) is 2.30. The van der Waals surface area contributed by atoms with E-state index in [2.05, 4.69) is 24.2 Å². The lowest BCUT2D eigenvalue weighted by molar-refractivity contribution is -0.122. The summed E-state index contributed by atoms with van der Waals surface area (Å²) in [6, 6.07) is 1.13. The van der Waals surface area contributed by atoms with E-state index in [1.807, 2.05) is 6.92 Å². The number of rotatable bonds is 5. The lowest BCUT2D eigenvalue weighted by Gasteiger charge is -2.35. The first-order valence-electron chi connectivity index (χ1n) is 6.74. The fraction of sp³-hybridized carbons (Fsp3) is 0.923. The maximum atomic E-state index is 11.7. The number of nitrogens with zero attached hydrogens (tertiary/aromatic N) is 1. The van der Waals surface area contributed by atoms with Gasteiger partial charge in [0.05, 0.1) is 0 Å². The summed E-state index contributed by atoms with van der Waals surface area (Å²) in [7, 11) is 2.14. The quantitative estimate of drug-likeness (QED) is 0.758. The molecule has 1 fully saturated rings. The van der Waals surface area contributed by atoms with Crippen molar-refractivity contribution < 1.29 is 4.79 Å². The molecule has 3 unspecified atom stereocenters. The summed E-state index contributed by atoms with van der Waals surface area (Å²) in [5.74, 6) is 0.187. The number of carbonyl (C=O) groups excluding carboxylic acids is 1. The minimum absolute atomic E-state index is 0.187. The van der Waals surface area contributed by atoms with E-state index in [0.717, 1.165) is 32.2 Å². The van der Waals surface area contributed by atoms with E-state index in [1.165, 1.54) is 0 Å². The zero-order chi connectivity index (χ0) is 12.8. The molecule has 0 bridgehead atoms. The van der Waals surface area contributed by atoms with E-state index in [1.54, 1.807) is 0 Å². The summed E-state index contributed by atoms with van der Waals surface area (Å²) in [6.07, 6.45) is 4.57. The number of nitrogens with one attached hydrogen (secondary N) is 1. The van der Waals surface area contributed by atoms with Gasteiger partial charge in [-0.3, -0.25) is 4.79 Å². The van der Waals surface area contributed by atoms with Crippen LogP contribution in [0, 0.1) is 0 Å². The predicted molar refractivity (Wildman–Crippen MR) is 70.8 cm³/mol. The van der Waals surface area contributed by atoms with Gasteiger partial charge in [0.15, 0.2) is 0 Å². The van der Waals surface area contributed by atoms with Gasteiger partial charge in [-0.1, -0.05) is 0 Å². The SMILES string of the molecule is CC(N)CCCC(=O)NC1CCN(C)C(C)C1. The van der Waals surface area contributed by atoms with Crippen LogP contribution >= 0.6 is 0 Å². The van der Waals surface area contributed by atoms with E-state index in [0.29, 0.717) is 18.5 Å². The molecular weight excluding hydrogens is 214 g/mol. The Bertz CT molecular complexity index is 243. The first-order valence-corrected chi connectivity index (χ1v) is 6.74. The number of amides is 1. The van der Waals surface area contributed by atoms with Crippen molar-refractivity contribution in [2.45, 2.75) is 64.1 Å². The van der Waals surface area contributed by atoms with Crippen molar-refractivity contribution in [3.63, 3.8) is 0 Å². The molecule has 0 saturated carbocycles.